The van der Waals surface area contributed by atoms with Gasteiger partial charge in [-0.15, -0.1) is 0 Å². The number of hydrogen-bond acceptors (Lipinski definition) is 4. The van der Waals surface area contributed by atoms with E-state index in [1.807, 2.05) is 0 Å². The maximum atomic E-state index is 4.94. The molecule has 1 atom stereocenters. The molecule has 0 N–H and O–H groups in total. The van der Waals surface area contributed by atoms with Gasteiger partial charge in [-0.25, -0.2) is 9.97 Å². The average molecular weight is 333 g/mol. The smallest absolute Gasteiger partial charge is 0.136 e. The first-order valence-corrected chi connectivity index (χ1v) is 9.34. The summed E-state index contributed by atoms with van der Waals surface area (Å²) in [5.41, 5.74) is 1.16. The molecule has 2 heterocycles. The van der Waals surface area contributed by atoms with Gasteiger partial charge in [0.25, 0.3) is 0 Å². The van der Waals surface area contributed by atoms with Crippen LogP contribution in [0.1, 0.15) is 66.4 Å². The summed E-state index contributed by atoms with van der Waals surface area (Å²) >= 11 is 0. The van der Waals surface area contributed by atoms with Crippen LogP contribution in [0, 0.1) is 5.92 Å². The number of hydrogen-bond donors (Lipinski definition) is 0. The number of rotatable bonds is 4. The van der Waals surface area contributed by atoms with Crippen LogP contribution >= 0.6 is 0 Å². The Bertz CT molecular complexity index is 521. The number of nitrogens with zero attached hydrogens (tertiary/aromatic N) is 4. The molecule has 0 saturated carbocycles. The third-order valence-corrected chi connectivity index (χ3v) is 4.87. The Balaban J connectivity index is 2.27. The Hall–Kier alpha value is -1.16. The standard InChI is InChI=1S/C20H36N4/c1-9-23(8)13-15-10-11-24(14-15)17-12-16(19(2,3)4)21-18(22-17)20(5,6)7/h12,15H,9-11,13-14H2,1-8H3. The van der Waals surface area contributed by atoms with Crippen molar-refractivity contribution in [3.05, 3.63) is 17.6 Å². The second-order valence-corrected chi connectivity index (χ2v) is 9.39. The van der Waals surface area contributed by atoms with E-state index in [2.05, 4.69) is 71.4 Å². The number of anilines is 1. The first kappa shape index (κ1) is 19.2. The summed E-state index contributed by atoms with van der Waals surface area (Å²) < 4.78 is 0. The fourth-order valence-corrected chi connectivity index (χ4v) is 3.08. The highest BCUT2D eigenvalue weighted by Gasteiger charge is 2.28. The minimum absolute atomic E-state index is 0.0302. The molecule has 0 aromatic carbocycles. The molecule has 1 aromatic heterocycles. The molecule has 0 bridgehead atoms. The second-order valence-electron chi connectivity index (χ2n) is 9.39. The van der Waals surface area contributed by atoms with Crippen LogP contribution in [0.2, 0.25) is 0 Å². The lowest BCUT2D eigenvalue weighted by molar-refractivity contribution is 0.300. The molecule has 0 radical (unpaired) electrons. The van der Waals surface area contributed by atoms with Crippen molar-refractivity contribution in [1.82, 2.24) is 14.9 Å². The topological polar surface area (TPSA) is 32.3 Å². The van der Waals surface area contributed by atoms with Gasteiger partial charge in [0.15, 0.2) is 0 Å². The molecule has 2 rings (SSSR count). The van der Waals surface area contributed by atoms with Crippen LogP contribution < -0.4 is 4.90 Å². The maximum Gasteiger partial charge on any atom is 0.136 e. The van der Waals surface area contributed by atoms with Crippen molar-refractivity contribution in [2.75, 3.05) is 38.1 Å². The summed E-state index contributed by atoms with van der Waals surface area (Å²) in [6.45, 7) is 20.0. The number of aromatic nitrogens is 2. The molecule has 4 nitrogen and oxygen atoms in total. The normalized spacial score (nSPS) is 19.4. The van der Waals surface area contributed by atoms with Crippen molar-refractivity contribution in [3.8, 4) is 0 Å². The Morgan fingerprint density at radius 3 is 2.33 bits per heavy atom. The van der Waals surface area contributed by atoms with Crippen LogP contribution in [-0.2, 0) is 10.8 Å². The first-order valence-electron chi connectivity index (χ1n) is 9.34. The van der Waals surface area contributed by atoms with Crippen molar-refractivity contribution >= 4 is 5.82 Å². The second kappa shape index (κ2) is 6.99. The minimum Gasteiger partial charge on any atom is -0.356 e. The van der Waals surface area contributed by atoms with Gasteiger partial charge in [-0.2, -0.15) is 0 Å². The summed E-state index contributed by atoms with van der Waals surface area (Å²) in [5.74, 6) is 2.81. The van der Waals surface area contributed by atoms with Gasteiger partial charge in [-0.05, 0) is 25.9 Å². The molecule has 24 heavy (non-hydrogen) atoms. The molecular formula is C20H36N4. The lowest BCUT2D eigenvalue weighted by atomic mass is 9.90. The van der Waals surface area contributed by atoms with E-state index in [-0.39, 0.29) is 10.8 Å². The highest BCUT2D eigenvalue weighted by atomic mass is 15.2. The molecule has 0 amide bonds. The van der Waals surface area contributed by atoms with Crippen LogP contribution in [0.15, 0.2) is 6.07 Å². The van der Waals surface area contributed by atoms with Crippen LogP contribution in [0.25, 0.3) is 0 Å². The van der Waals surface area contributed by atoms with Gasteiger partial charge in [-0.3, -0.25) is 0 Å². The van der Waals surface area contributed by atoms with Crippen LogP contribution in [0.4, 0.5) is 5.82 Å². The van der Waals surface area contributed by atoms with Crippen molar-refractivity contribution in [3.63, 3.8) is 0 Å². The molecule has 1 fully saturated rings. The third-order valence-electron chi connectivity index (χ3n) is 4.87. The molecule has 0 spiro atoms. The molecular weight excluding hydrogens is 296 g/mol. The van der Waals surface area contributed by atoms with Crippen LogP contribution in [-0.4, -0.2) is 48.1 Å². The molecule has 1 unspecified atom stereocenters. The Morgan fingerprint density at radius 1 is 1.12 bits per heavy atom. The lowest BCUT2D eigenvalue weighted by Gasteiger charge is -2.27. The van der Waals surface area contributed by atoms with Gasteiger partial charge in [0.2, 0.25) is 0 Å². The Kier molecular flexibility index (Phi) is 5.58. The molecule has 1 aliphatic rings. The van der Waals surface area contributed by atoms with E-state index >= 15 is 0 Å². The van der Waals surface area contributed by atoms with E-state index < -0.39 is 0 Å². The molecule has 1 aliphatic heterocycles. The molecule has 4 heteroatoms. The highest BCUT2D eigenvalue weighted by molar-refractivity contribution is 5.43. The van der Waals surface area contributed by atoms with Crippen molar-refractivity contribution in [1.29, 1.82) is 0 Å². The van der Waals surface area contributed by atoms with Crippen LogP contribution in [0.5, 0.6) is 0 Å². The quantitative estimate of drug-likeness (QED) is 0.838. The van der Waals surface area contributed by atoms with Crippen molar-refractivity contribution in [2.24, 2.45) is 5.92 Å². The molecule has 0 aliphatic carbocycles. The summed E-state index contributed by atoms with van der Waals surface area (Å²) in [4.78, 5) is 14.7. The fourth-order valence-electron chi connectivity index (χ4n) is 3.08. The van der Waals surface area contributed by atoms with Gasteiger partial charge >= 0.3 is 0 Å². The van der Waals surface area contributed by atoms with E-state index in [0.717, 1.165) is 42.9 Å². The highest BCUT2D eigenvalue weighted by Crippen LogP contribution is 2.30. The van der Waals surface area contributed by atoms with Crippen LogP contribution in [0.3, 0.4) is 0 Å². The summed E-state index contributed by atoms with van der Waals surface area (Å²) in [6, 6.07) is 2.21. The SMILES string of the molecule is CCN(C)CC1CCN(c2cc(C(C)(C)C)nc(C(C)(C)C)n2)C1. The predicted octanol–water partition coefficient (Wildman–Crippen LogP) is 3.85. The third kappa shape index (κ3) is 4.69. The lowest BCUT2D eigenvalue weighted by Crippen LogP contribution is -2.29. The average Bonchev–Trinajstić information content (AvgIpc) is 2.93. The minimum atomic E-state index is -0.0302. The summed E-state index contributed by atoms with van der Waals surface area (Å²) in [6.07, 6.45) is 1.25. The summed E-state index contributed by atoms with van der Waals surface area (Å²) in [5, 5.41) is 0. The van der Waals surface area contributed by atoms with Gasteiger partial charge in [0, 0.05) is 36.5 Å². The molecule has 1 aromatic rings. The predicted molar refractivity (Wildman–Crippen MR) is 103 cm³/mol. The van der Waals surface area contributed by atoms with E-state index in [4.69, 9.17) is 9.97 Å². The van der Waals surface area contributed by atoms with Crippen molar-refractivity contribution in [2.45, 2.75) is 65.7 Å². The summed E-state index contributed by atoms with van der Waals surface area (Å²) in [7, 11) is 2.21. The zero-order chi connectivity index (χ0) is 18.1. The molecule has 1 saturated heterocycles. The van der Waals surface area contributed by atoms with Gasteiger partial charge in [0.1, 0.15) is 11.6 Å². The van der Waals surface area contributed by atoms with E-state index in [1.54, 1.807) is 0 Å². The van der Waals surface area contributed by atoms with Gasteiger partial charge in [-0.1, -0.05) is 48.5 Å². The Morgan fingerprint density at radius 2 is 1.79 bits per heavy atom. The first-order chi connectivity index (χ1) is 11.0. The van der Waals surface area contributed by atoms with E-state index in [1.165, 1.54) is 13.0 Å². The van der Waals surface area contributed by atoms with Gasteiger partial charge in [0.05, 0.1) is 5.69 Å². The van der Waals surface area contributed by atoms with E-state index in [9.17, 15) is 0 Å². The Labute approximate surface area is 148 Å². The monoisotopic (exact) mass is 332 g/mol. The maximum absolute atomic E-state index is 4.94. The van der Waals surface area contributed by atoms with E-state index in [0.29, 0.717) is 0 Å². The zero-order valence-electron chi connectivity index (χ0n) is 17.0. The zero-order valence-corrected chi connectivity index (χ0v) is 17.0. The fraction of sp³-hybridized carbons (Fsp3) is 0.800. The van der Waals surface area contributed by atoms with Gasteiger partial charge < -0.3 is 9.80 Å². The molecule has 136 valence electrons. The van der Waals surface area contributed by atoms with Crippen molar-refractivity contribution < 1.29 is 0 Å². The largest absolute Gasteiger partial charge is 0.356 e.